The number of hydrogen-bond donors (Lipinski definition) is 1. The number of phenols is 1. The second kappa shape index (κ2) is 6.80. The highest BCUT2D eigenvalue weighted by atomic mass is 35.5. The highest BCUT2D eigenvalue weighted by molar-refractivity contribution is 6.35. The number of nitrogens with zero attached hydrogens (tertiary/aromatic N) is 1. The molecule has 1 aromatic carbocycles. The Kier molecular flexibility index (Phi) is 5.34. The van der Waals surface area contributed by atoms with Crippen LogP contribution in [0.2, 0.25) is 10.0 Å². The van der Waals surface area contributed by atoms with Gasteiger partial charge in [-0.1, -0.05) is 30.1 Å². The molecule has 1 aliphatic heterocycles. The van der Waals surface area contributed by atoms with Gasteiger partial charge in [0.1, 0.15) is 5.75 Å². The van der Waals surface area contributed by atoms with Crippen LogP contribution in [0.3, 0.4) is 0 Å². The van der Waals surface area contributed by atoms with Crippen LogP contribution in [0.1, 0.15) is 25.3 Å². The molecule has 0 amide bonds. The van der Waals surface area contributed by atoms with E-state index in [1.807, 2.05) is 0 Å². The molecule has 0 aromatic heterocycles. The first-order valence-corrected chi connectivity index (χ1v) is 7.36. The Hall–Kier alpha value is -0.480. The third-order valence-electron chi connectivity index (χ3n) is 3.43. The average molecular weight is 304 g/mol. The molecule has 1 heterocycles. The predicted octanol–water partition coefficient (Wildman–Crippen LogP) is 3.70. The molecule has 106 valence electrons. The zero-order valence-corrected chi connectivity index (χ0v) is 12.5. The van der Waals surface area contributed by atoms with E-state index in [1.165, 1.54) is 0 Å². The van der Waals surface area contributed by atoms with Crippen LogP contribution in [0.25, 0.3) is 0 Å². The van der Waals surface area contributed by atoms with E-state index in [0.29, 0.717) is 22.7 Å². The topological polar surface area (TPSA) is 32.7 Å². The van der Waals surface area contributed by atoms with Crippen LogP contribution in [-0.2, 0) is 11.3 Å². The lowest BCUT2D eigenvalue weighted by molar-refractivity contribution is 0.0722. The van der Waals surface area contributed by atoms with Crippen molar-refractivity contribution in [2.45, 2.75) is 32.4 Å². The Labute approximate surface area is 124 Å². The summed E-state index contributed by atoms with van der Waals surface area (Å²) in [6.07, 6.45) is 2.55. The molecular formula is C14H19Cl2NO2. The molecule has 0 bridgehead atoms. The van der Waals surface area contributed by atoms with Gasteiger partial charge in [0.25, 0.3) is 0 Å². The number of halogens is 2. The van der Waals surface area contributed by atoms with Gasteiger partial charge in [0.05, 0.1) is 11.1 Å². The van der Waals surface area contributed by atoms with E-state index in [-0.39, 0.29) is 5.75 Å². The van der Waals surface area contributed by atoms with Crippen LogP contribution in [0.15, 0.2) is 12.1 Å². The molecule has 1 atom stereocenters. The van der Waals surface area contributed by atoms with Crippen molar-refractivity contribution in [2.24, 2.45) is 0 Å². The van der Waals surface area contributed by atoms with E-state index in [4.69, 9.17) is 27.9 Å². The van der Waals surface area contributed by atoms with Gasteiger partial charge in [0.2, 0.25) is 0 Å². The molecule has 2 rings (SSSR count). The van der Waals surface area contributed by atoms with Gasteiger partial charge in [-0.2, -0.15) is 0 Å². The molecule has 1 N–H and O–H groups in total. The maximum Gasteiger partial charge on any atom is 0.138 e. The van der Waals surface area contributed by atoms with Gasteiger partial charge in [-0.3, -0.25) is 4.90 Å². The normalized spacial score (nSPS) is 19.3. The summed E-state index contributed by atoms with van der Waals surface area (Å²) in [4.78, 5) is 2.23. The molecule has 5 heteroatoms. The van der Waals surface area contributed by atoms with E-state index in [0.717, 1.165) is 38.1 Å². The highest BCUT2D eigenvalue weighted by Gasteiger charge is 2.19. The maximum absolute atomic E-state index is 9.98. The molecule has 1 saturated heterocycles. The van der Waals surface area contributed by atoms with E-state index >= 15 is 0 Å². The second-order valence-corrected chi connectivity index (χ2v) is 5.70. The van der Waals surface area contributed by atoms with Crippen LogP contribution in [0.5, 0.6) is 5.75 Å². The Morgan fingerprint density at radius 1 is 1.42 bits per heavy atom. The van der Waals surface area contributed by atoms with Crippen LogP contribution >= 0.6 is 23.2 Å². The fraction of sp³-hybridized carbons (Fsp3) is 0.571. The summed E-state index contributed by atoms with van der Waals surface area (Å²) in [6, 6.07) is 3.32. The summed E-state index contributed by atoms with van der Waals surface area (Å²) in [5.74, 6) is 0.122. The van der Waals surface area contributed by atoms with Crippen molar-refractivity contribution < 1.29 is 9.84 Å². The van der Waals surface area contributed by atoms with Crippen molar-refractivity contribution in [3.8, 4) is 5.75 Å². The van der Waals surface area contributed by atoms with E-state index in [1.54, 1.807) is 12.1 Å². The molecule has 0 radical (unpaired) electrons. The van der Waals surface area contributed by atoms with Gasteiger partial charge >= 0.3 is 0 Å². The number of aromatic hydroxyl groups is 1. The third-order valence-corrected chi connectivity index (χ3v) is 3.94. The predicted molar refractivity (Wildman–Crippen MR) is 78.1 cm³/mol. The highest BCUT2D eigenvalue weighted by Crippen LogP contribution is 2.32. The minimum absolute atomic E-state index is 0.122. The van der Waals surface area contributed by atoms with Gasteiger partial charge in [-0.25, -0.2) is 0 Å². The molecule has 3 nitrogen and oxygen atoms in total. The molecule has 1 aromatic rings. The molecule has 1 unspecified atom stereocenters. The zero-order chi connectivity index (χ0) is 13.8. The molecule has 1 fully saturated rings. The van der Waals surface area contributed by atoms with E-state index < -0.39 is 0 Å². The van der Waals surface area contributed by atoms with Gasteiger partial charge in [-0.05, 0) is 31.5 Å². The largest absolute Gasteiger partial charge is 0.506 e. The lowest BCUT2D eigenvalue weighted by atomic mass is 10.1. The number of ether oxygens (including phenoxy) is 1. The summed E-state index contributed by atoms with van der Waals surface area (Å²) in [6.45, 7) is 5.35. The number of rotatable bonds is 5. The third kappa shape index (κ3) is 3.99. The molecule has 0 spiro atoms. The summed E-state index contributed by atoms with van der Waals surface area (Å²) >= 11 is 11.9. The van der Waals surface area contributed by atoms with Gasteiger partial charge < -0.3 is 9.84 Å². The summed E-state index contributed by atoms with van der Waals surface area (Å²) < 4.78 is 5.64. The summed E-state index contributed by atoms with van der Waals surface area (Å²) in [5.41, 5.74) is 0.761. The fourth-order valence-electron chi connectivity index (χ4n) is 2.36. The van der Waals surface area contributed by atoms with Crippen LogP contribution in [0, 0.1) is 0 Å². The Morgan fingerprint density at radius 2 is 2.21 bits per heavy atom. The number of hydrogen-bond acceptors (Lipinski definition) is 3. The minimum Gasteiger partial charge on any atom is -0.506 e. The average Bonchev–Trinajstić information content (AvgIpc) is 2.87. The Bertz CT molecular complexity index is 434. The first-order chi connectivity index (χ1) is 9.10. The van der Waals surface area contributed by atoms with E-state index in [2.05, 4.69) is 11.8 Å². The van der Waals surface area contributed by atoms with Crippen molar-refractivity contribution in [3.05, 3.63) is 27.7 Å². The Morgan fingerprint density at radius 3 is 2.84 bits per heavy atom. The zero-order valence-electron chi connectivity index (χ0n) is 11.0. The van der Waals surface area contributed by atoms with Crippen molar-refractivity contribution >= 4 is 23.2 Å². The van der Waals surface area contributed by atoms with Crippen LogP contribution in [0.4, 0.5) is 0 Å². The van der Waals surface area contributed by atoms with E-state index in [9.17, 15) is 5.11 Å². The standard InChI is InChI=1S/C14H19Cl2NO2/c1-2-17(9-12-4-3-5-19-12)8-10-6-11(15)7-13(16)14(10)18/h6-7,12,18H,2-5,8-9H2,1H3. The molecule has 0 aliphatic carbocycles. The van der Waals surface area contributed by atoms with Crippen molar-refractivity contribution in [3.63, 3.8) is 0 Å². The van der Waals surface area contributed by atoms with Crippen LogP contribution < -0.4 is 0 Å². The number of phenolic OH excluding ortho intramolecular Hbond substituents is 1. The first-order valence-electron chi connectivity index (χ1n) is 6.61. The maximum atomic E-state index is 9.98. The second-order valence-electron chi connectivity index (χ2n) is 4.86. The van der Waals surface area contributed by atoms with Gasteiger partial charge in [0, 0.05) is 30.3 Å². The SMILES string of the molecule is CCN(Cc1cc(Cl)cc(Cl)c1O)CC1CCCO1. The quantitative estimate of drug-likeness (QED) is 0.900. The lowest BCUT2D eigenvalue weighted by Crippen LogP contribution is -2.31. The van der Waals surface area contributed by atoms with Crippen molar-refractivity contribution in [2.75, 3.05) is 19.7 Å². The monoisotopic (exact) mass is 303 g/mol. The smallest absolute Gasteiger partial charge is 0.138 e. The Balaban J connectivity index is 2.04. The molecular weight excluding hydrogens is 285 g/mol. The van der Waals surface area contributed by atoms with Crippen molar-refractivity contribution in [1.29, 1.82) is 0 Å². The fourth-order valence-corrected chi connectivity index (χ4v) is 2.90. The molecule has 19 heavy (non-hydrogen) atoms. The number of benzene rings is 1. The molecule has 0 saturated carbocycles. The summed E-state index contributed by atoms with van der Waals surface area (Å²) in [5, 5.41) is 10.8. The van der Waals surface area contributed by atoms with Gasteiger partial charge in [-0.15, -0.1) is 0 Å². The molecule has 1 aliphatic rings. The first kappa shape index (κ1) is 14.9. The van der Waals surface area contributed by atoms with Crippen LogP contribution in [-0.4, -0.2) is 35.8 Å². The lowest BCUT2D eigenvalue weighted by Gasteiger charge is -2.24. The number of likely N-dealkylation sites (N-methyl/N-ethyl adjacent to an activating group) is 1. The van der Waals surface area contributed by atoms with Crippen molar-refractivity contribution in [1.82, 2.24) is 4.90 Å². The minimum atomic E-state index is 0.122. The summed E-state index contributed by atoms with van der Waals surface area (Å²) in [7, 11) is 0. The van der Waals surface area contributed by atoms with Gasteiger partial charge in [0.15, 0.2) is 0 Å².